The second-order valence-electron chi connectivity index (χ2n) is 3.68. The molecular weight excluding hydrogens is 232 g/mol. The number of rotatable bonds is 3. The highest BCUT2D eigenvalue weighted by Crippen LogP contribution is 2.05. The molecule has 1 rings (SSSR count). The van der Waals surface area contributed by atoms with Gasteiger partial charge in [-0.3, -0.25) is 9.59 Å². The first-order valence-electron chi connectivity index (χ1n) is 4.44. The molecule has 0 radical (unpaired) electrons. The van der Waals surface area contributed by atoms with Gasteiger partial charge in [0.25, 0.3) is 5.91 Å². The maximum absolute atomic E-state index is 11.6. The number of nitrogens with one attached hydrogen (secondary N) is 1. The van der Waals surface area contributed by atoms with Crippen molar-refractivity contribution in [2.75, 3.05) is 0 Å². The van der Waals surface area contributed by atoms with E-state index in [1.165, 1.54) is 26.0 Å². The molecule has 0 saturated carbocycles. The molecule has 0 aliphatic heterocycles. The molecule has 0 fully saturated rings. The van der Waals surface area contributed by atoms with Crippen LogP contribution in [0.25, 0.3) is 0 Å². The molecule has 1 heterocycles. The first kappa shape index (κ1) is 12.4. The fourth-order valence-electron chi connectivity index (χ4n) is 0.847. The van der Waals surface area contributed by atoms with E-state index in [1.54, 1.807) is 0 Å². The normalized spacial score (nSPS) is 10.9. The van der Waals surface area contributed by atoms with Crippen molar-refractivity contribution >= 4 is 23.4 Å². The minimum atomic E-state index is -1.14. The summed E-state index contributed by atoms with van der Waals surface area (Å²) in [4.78, 5) is 22.6. The molecule has 1 aromatic rings. The van der Waals surface area contributed by atoms with Crippen LogP contribution >= 0.6 is 11.6 Å². The predicted octanol–water partition coefficient (Wildman–Crippen LogP) is 0.124. The molecule has 0 aromatic carbocycles. The Labute approximate surface area is 97.2 Å². The molecule has 0 atom stereocenters. The maximum Gasteiger partial charge on any atom is 0.272 e. The first-order chi connectivity index (χ1) is 7.33. The van der Waals surface area contributed by atoms with Crippen LogP contribution in [0.3, 0.4) is 0 Å². The molecule has 7 heteroatoms. The van der Waals surface area contributed by atoms with Gasteiger partial charge in [-0.1, -0.05) is 11.6 Å². The molecular formula is C9H11ClN4O2. The van der Waals surface area contributed by atoms with Crippen molar-refractivity contribution in [2.24, 2.45) is 5.73 Å². The Bertz CT molecular complexity index is 416. The summed E-state index contributed by atoms with van der Waals surface area (Å²) in [5.41, 5.74) is 4.04. The average molecular weight is 243 g/mol. The van der Waals surface area contributed by atoms with Gasteiger partial charge in [-0.05, 0) is 26.0 Å². The zero-order valence-electron chi connectivity index (χ0n) is 8.82. The van der Waals surface area contributed by atoms with Crippen LogP contribution in [0.4, 0.5) is 0 Å². The molecule has 0 aliphatic carbocycles. The van der Waals surface area contributed by atoms with Crippen molar-refractivity contribution in [3.63, 3.8) is 0 Å². The van der Waals surface area contributed by atoms with E-state index in [9.17, 15) is 9.59 Å². The fraction of sp³-hybridized carbons (Fsp3) is 0.333. The third-order valence-corrected chi connectivity index (χ3v) is 2.11. The SMILES string of the molecule is CC(C)(NC(=O)c1ccc(Cl)nn1)C(N)=O. The fourth-order valence-corrected chi connectivity index (χ4v) is 0.947. The molecule has 16 heavy (non-hydrogen) atoms. The molecule has 1 aromatic heterocycles. The number of aromatic nitrogens is 2. The predicted molar refractivity (Wildman–Crippen MR) is 57.8 cm³/mol. The number of carbonyl (C=O) groups is 2. The molecule has 0 unspecified atom stereocenters. The van der Waals surface area contributed by atoms with E-state index in [4.69, 9.17) is 17.3 Å². The van der Waals surface area contributed by atoms with E-state index >= 15 is 0 Å². The zero-order valence-corrected chi connectivity index (χ0v) is 9.58. The smallest absolute Gasteiger partial charge is 0.272 e. The lowest BCUT2D eigenvalue weighted by Crippen LogP contribution is -2.53. The molecule has 0 bridgehead atoms. The largest absolute Gasteiger partial charge is 0.368 e. The van der Waals surface area contributed by atoms with E-state index in [1.807, 2.05) is 0 Å². The number of nitrogens with zero attached hydrogens (tertiary/aromatic N) is 2. The molecule has 6 nitrogen and oxygen atoms in total. The van der Waals surface area contributed by atoms with Gasteiger partial charge in [-0.15, -0.1) is 10.2 Å². The number of amides is 2. The van der Waals surface area contributed by atoms with Crippen LogP contribution in [0.15, 0.2) is 12.1 Å². The highest BCUT2D eigenvalue weighted by atomic mass is 35.5. The van der Waals surface area contributed by atoms with Crippen molar-refractivity contribution in [1.82, 2.24) is 15.5 Å². The lowest BCUT2D eigenvalue weighted by atomic mass is 10.1. The first-order valence-corrected chi connectivity index (χ1v) is 4.82. The van der Waals surface area contributed by atoms with E-state index < -0.39 is 17.4 Å². The number of nitrogens with two attached hydrogens (primary N) is 1. The van der Waals surface area contributed by atoms with Crippen molar-refractivity contribution < 1.29 is 9.59 Å². The van der Waals surface area contributed by atoms with Gasteiger partial charge < -0.3 is 11.1 Å². The monoisotopic (exact) mass is 242 g/mol. The standard InChI is InChI=1S/C9H11ClN4O2/c1-9(2,8(11)16)12-7(15)5-3-4-6(10)14-13-5/h3-4H,1-2H3,(H2,11,16)(H,12,15). The van der Waals surface area contributed by atoms with E-state index in [2.05, 4.69) is 15.5 Å². The van der Waals surface area contributed by atoms with Gasteiger partial charge >= 0.3 is 0 Å². The number of halogens is 1. The van der Waals surface area contributed by atoms with Gasteiger partial charge in [0.05, 0.1) is 0 Å². The van der Waals surface area contributed by atoms with Crippen LogP contribution in [0.5, 0.6) is 0 Å². The minimum absolute atomic E-state index is 0.0683. The number of carbonyl (C=O) groups excluding carboxylic acids is 2. The highest BCUT2D eigenvalue weighted by Gasteiger charge is 2.27. The highest BCUT2D eigenvalue weighted by molar-refractivity contribution is 6.29. The second kappa shape index (κ2) is 4.44. The summed E-state index contributed by atoms with van der Waals surface area (Å²) in [5, 5.41) is 9.71. The van der Waals surface area contributed by atoms with Gasteiger partial charge in [0, 0.05) is 0 Å². The number of hydrogen-bond acceptors (Lipinski definition) is 4. The van der Waals surface area contributed by atoms with Crippen LogP contribution in [-0.2, 0) is 4.79 Å². The van der Waals surface area contributed by atoms with Crippen molar-refractivity contribution in [3.05, 3.63) is 23.0 Å². The van der Waals surface area contributed by atoms with Crippen LogP contribution in [0, 0.1) is 0 Å². The quantitative estimate of drug-likeness (QED) is 0.787. The maximum atomic E-state index is 11.6. The van der Waals surface area contributed by atoms with Crippen molar-refractivity contribution in [2.45, 2.75) is 19.4 Å². The topological polar surface area (TPSA) is 98.0 Å². The Morgan fingerprint density at radius 3 is 2.44 bits per heavy atom. The summed E-state index contributed by atoms with van der Waals surface area (Å²) in [6.45, 7) is 2.99. The molecule has 0 aliphatic rings. The minimum Gasteiger partial charge on any atom is -0.368 e. The summed E-state index contributed by atoms with van der Waals surface area (Å²) < 4.78 is 0. The summed E-state index contributed by atoms with van der Waals surface area (Å²) >= 11 is 5.52. The molecule has 0 spiro atoms. The van der Waals surface area contributed by atoms with Crippen LogP contribution in [0.1, 0.15) is 24.3 Å². The third-order valence-electron chi connectivity index (χ3n) is 1.91. The molecule has 3 N–H and O–H groups in total. The van der Waals surface area contributed by atoms with Crippen LogP contribution in [-0.4, -0.2) is 27.6 Å². The lowest BCUT2D eigenvalue weighted by Gasteiger charge is -2.21. The van der Waals surface area contributed by atoms with Gasteiger partial charge in [0.2, 0.25) is 5.91 Å². The Morgan fingerprint density at radius 1 is 1.38 bits per heavy atom. The van der Waals surface area contributed by atoms with Gasteiger partial charge in [-0.2, -0.15) is 0 Å². The summed E-state index contributed by atoms with van der Waals surface area (Å²) in [5.74, 6) is -1.17. The Morgan fingerprint density at radius 2 is 2.00 bits per heavy atom. The molecule has 86 valence electrons. The van der Waals surface area contributed by atoms with Gasteiger partial charge in [0.15, 0.2) is 10.8 Å². The van der Waals surface area contributed by atoms with Crippen LogP contribution in [0.2, 0.25) is 5.15 Å². The van der Waals surface area contributed by atoms with Gasteiger partial charge in [-0.25, -0.2) is 0 Å². The third kappa shape index (κ3) is 2.90. The summed E-state index contributed by atoms with van der Waals surface area (Å²) in [7, 11) is 0. The van der Waals surface area contributed by atoms with Crippen LogP contribution < -0.4 is 11.1 Å². The number of hydrogen-bond donors (Lipinski definition) is 2. The number of primary amides is 1. The average Bonchev–Trinajstić information content (AvgIpc) is 2.17. The zero-order chi connectivity index (χ0) is 12.3. The summed E-state index contributed by atoms with van der Waals surface area (Å²) in [6, 6.07) is 2.84. The molecule has 2 amide bonds. The molecule has 0 saturated heterocycles. The van der Waals surface area contributed by atoms with E-state index in [-0.39, 0.29) is 10.8 Å². The van der Waals surface area contributed by atoms with E-state index in [0.29, 0.717) is 0 Å². The Hall–Kier alpha value is -1.69. The van der Waals surface area contributed by atoms with Gasteiger partial charge in [0.1, 0.15) is 5.54 Å². The van der Waals surface area contributed by atoms with Crippen molar-refractivity contribution in [3.8, 4) is 0 Å². The van der Waals surface area contributed by atoms with E-state index in [0.717, 1.165) is 0 Å². The summed E-state index contributed by atoms with van der Waals surface area (Å²) in [6.07, 6.45) is 0. The lowest BCUT2D eigenvalue weighted by molar-refractivity contribution is -0.122. The Balaban J connectivity index is 2.81. The second-order valence-corrected chi connectivity index (χ2v) is 4.07. The van der Waals surface area contributed by atoms with Crippen molar-refractivity contribution in [1.29, 1.82) is 0 Å². The Kier molecular flexibility index (Phi) is 3.44.